The summed E-state index contributed by atoms with van der Waals surface area (Å²) < 4.78 is 54.3. The maximum atomic E-state index is 13.9. The van der Waals surface area contributed by atoms with E-state index in [1.807, 2.05) is 0 Å². The number of rotatable bonds is 6. The van der Waals surface area contributed by atoms with Gasteiger partial charge >= 0.3 is 6.36 Å². The highest BCUT2D eigenvalue weighted by Gasteiger charge is 2.30. The minimum Gasteiger partial charge on any atom is -0.406 e. The standard InChI is InChI=1S/C18H12ClF4N5O/c19-12-3-1-11(2-4-12)9-25-28-17-24-10-15(20)16(27-17)26-13-5-7-14(8-6-13)29-18(21,22)23/h1-10H,(H2,24,26,27,28)/b25-9+. The molecule has 0 radical (unpaired) electrons. The zero-order chi connectivity index (χ0) is 20.9. The molecule has 0 bridgehead atoms. The summed E-state index contributed by atoms with van der Waals surface area (Å²) in [6.45, 7) is 0. The van der Waals surface area contributed by atoms with E-state index in [4.69, 9.17) is 11.6 Å². The lowest BCUT2D eigenvalue weighted by atomic mass is 10.2. The molecule has 0 aliphatic carbocycles. The van der Waals surface area contributed by atoms with E-state index in [9.17, 15) is 17.6 Å². The summed E-state index contributed by atoms with van der Waals surface area (Å²) in [6.07, 6.45) is -2.37. The van der Waals surface area contributed by atoms with Crippen molar-refractivity contribution >= 4 is 35.3 Å². The molecule has 0 amide bonds. The van der Waals surface area contributed by atoms with Crippen LogP contribution in [0.5, 0.6) is 5.75 Å². The largest absolute Gasteiger partial charge is 0.573 e. The van der Waals surface area contributed by atoms with Crippen LogP contribution in [-0.2, 0) is 0 Å². The smallest absolute Gasteiger partial charge is 0.406 e. The Hall–Kier alpha value is -3.40. The van der Waals surface area contributed by atoms with Gasteiger partial charge in [-0.15, -0.1) is 13.2 Å². The summed E-state index contributed by atoms with van der Waals surface area (Å²) in [5, 5.41) is 7.18. The van der Waals surface area contributed by atoms with Crippen LogP contribution < -0.4 is 15.5 Å². The SMILES string of the molecule is Fc1cnc(N/N=C/c2ccc(Cl)cc2)nc1Nc1ccc(OC(F)(F)F)cc1. The summed E-state index contributed by atoms with van der Waals surface area (Å²) in [6, 6.07) is 11.6. The summed E-state index contributed by atoms with van der Waals surface area (Å²) in [4.78, 5) is 7.70. The lowest BCUT2D eigenvalue weighted by molar-refractivity contribution is -0.274. The summed E-state index contributed by atoms with van der Waals surface area (Å²) >= 11 is 5.80. The first-order chi connectivity index (χ1) is 13.8. The van der Waals surface area contributed by atoms with Crippen LogP contribution in [0.4, 0.5) is 35.0 Å². The Balaban J connectivity index is 1.66. The van der Waals surface area contributed by atoms with E-state index in [2.05, 4.69) is 30.5 Å². The summed E-state index contributed by atoms with van der Waals surface area (Å²) in [7, 11) is 0. The molecule has 0 fully saturated rings. The van der Waals surface area contributed by atoms with Crippen molar-refractivity contribution in [2.75, 3.05) is 10.7 Å². The quantitative estimate of drug-likeness (QED) is 0.316. The van der Waals surface area contributed by atoms with E-state index in [-0.39, 0.29) is 11.8 Å². The molecule has 0 spiro atoms. The fraction of sp³-hybridized carbons (Fsp3) is 0.0556. The molecular weight excluding hydrogens is 414 g/mol. The van der Waals surface area contributed by atoms with Crippen molar-refractivity contribution < 1.29 is 22.3 Å². The highest BCUT2D eigenvalue weighted by atomic mass is 35.5. The summed E-state index contributed by atoms with van der Waals surface area (Å²) in [5.74, 6) is -1.33. The molecule has 2 N–H and O–H groups in total. The van der Waals surface area contributed by atoms with Crippen molar-refractivity contribution in [3.05, 3.63) is 71.1 Å². The second-order valence-corrected chi connectivity index (χ2v) is 5.95. The lowest BCUT2D eigenvalue weighted by Crippen LogP contribution is -2.17. The van der Waals surface area contributed by atoms with Crippen LogP contribution in [0.25, 0.3) is 0 Å². The average Bonchev–Trinajstić information content (AvgIpc) is 2.66. The molecule has 0 unspecified atom stereocenters. The Bertz CT molecular complexity index is 995. The van der Waals surface area contributed by atoms with Crippen LogP contribution >= 0.6 is 11.6 Å². The van der Waals surface area contributed by atoms with Crippen LogP contribution in [0.15, 0.2) is 59.8 Å². The molecule has 0 aliphatic rings. The van der Waals surface area contributed by atoms with E-state index >= 15 is 0 Å². The number of nitrogens with zero attached hydrogens (tertiary/aromatic N) is 3. The number of anilines is 3. The monoisotopic (exact) mass is 425 g/mol. The third-order valence-corrected chi connectivity index (χ3v) is 3.59. The molecular formula is C18H12ClF4N5O. The maximum absolute atomic E-state index is 13.9. The molecule has 0 saturated carbocycles. The van der Waals surface area contributed by atoms with Gasteiger partial charge < -0.3 is 10.1 Å². The third kappa shape index (κ3) is 6.32. The number of aromatic nitrogens is 2. The van der Waals surface area contributed by atoms with Gasteiger partial charge in [0.2, 0.25) is 5.95 Å². The number of hydrogen-bond acceptors (Lipinski definition) is 6. The van der Waals surface area contributed by atoms with Crippen molar-refractivity contribution in [1.29, 1.82) is 0 Å². The average molecular weight is 426 g/mol. The van der Waals surface area contributed by atoms with Crippen molar-refractivity contribution in [3.8, 4) is 5.75 Å². The predicted octanol–water partition coefficient (Wildman–Crippen LogP) is 5.36. The van der Waals surface area contributed by atoms with Gasteiger partial charge in [-0.25, -0.2) is 14.8 Å². The van der Waals surface area contributed by atoms with E-state index in [1.54, 1.807) is 24.3 Å². The van der Waals surface area contributed by atoms with Crippen LogP contribution in [0, 0.1) is 5.82 Å². The molecule has 1 heterocycles. The first-order valence-electron chi connectivity index (χ1n) is 7.98. The number of nitrogens with one attached hydrogen (secondary N) is 2. The Morgan fingerprint density at radius 1 is 1.03 bits per heavy atom. The fourth-order valence-electron chi connectivity index (χ4n) is 2.10. The number of hydrogen-bond donors (Lipinski definition) is 2. The molecule has 150 valence electrons. The first kappa shape index (κ1) is 20.3. The summed E-state index contributed by atoms with van der Waals surface area (Å²) in [5.41, 5.74) is 3.62. The molecule has 29 heavy (non-hydrogen) atoms. The highest BCUT2D eigenvalue weighted by molar-refractivity contribution is 6.30. The van der Waals surface area contributed by atoms with E-state index < -0.39 is 17.9 Å². The third-order valence-electron chi connectivity index (χ3n) is 3.34. The van der Waals surface area contributed by atoms with Gasteiger partial charge in [0.1, 0.15) is 5.75 Å². The van der Waals surface area contributed by atoms with Gasteiger partial charge in [-0.3, -0.25) is 0 Å². The number of benzene rings is 2. The van der Waals surface area contributed by atoms with Crippen molar-refractivity contribution in [2.45, 2.75) is 6.36 Å². The molecule has 11 heteroatoms. The second kappa shape index (κ2) is 8.74. The van der Waals surface area contributed by atoms with E-state index in [0.717, 1.165) is 23.9 Å². The molecule has 3 aromatic rings. The van der Waals surface area contributed by atoms with Gasteiger partial charge in [0.15, 0.2) is 11.6 Å². The van der Waals surface area contributed by atoms with Crippen LogP contribution in [0.1, 0.15) is 5.56 Å². The molecule has 6 nitrogen and oxygen atoms in total. The van der Waals surface area contributed by atoms with E-state index in [1.165, 1.54) is 18.3 Å². The van der Waals surface area contributed by atoms with Gasteiger partial charge in [0.05, 0.1) is 12.4 Å². The van der Waals surface area contributed by atoms with Gasteiger partial charge in [0, 0.05) is 10.7 Å². The highest BCUT2D eigenvalue weighted by Crippen LogP contribution is 2.25. The van der Waals surface area contributed by atoms with Crippen LogP contribution in [-0.4, -0.2) is 22.5 Å². The Kier molecular flexibility index (Phi) is 6.13. The normalized spacial score (nSPS) is 11.5. The molecule has 0 saturated heterocycles. The second-order valence-electron chi connectivity index (χ2n) is 5.51. The van der Waals surface area contributed by atoms with E-state index in [0.29, 0.717) is 10.7 Å². The number of ether oxygens (including phenoxy) is 1. The zero-order valence-electron chi connectivity index (χ0n) is 14.4. The van der Waals surface area contributed by atoms with Crippen LogP contribution in [0.3, 0.4) is 0 Å². The lowest BCUT2D eigenvalue weighted by Gasteiger charge is -2.10. The zero-order valence-corrected chi connectivity index (χ0v) is 15.2. The van der Waals surface area contributed by atoms with Gasteiger partial charge in [-0.05, 0) is 42.0 Å². The molecule has 0 aliphatic heterocycles. The Morgan fingerprint density at radius 2 is 1.72 bits per heavy atom. The minimum absolute atomic E-state index is 0.0103. The van der Waals surface area contributed by atoms with Crippen molar-refractivity contribution in [2.24, 2.45) is 5.10 Å². The molecule has 3 rings (SSSR count). The Morgan fingerprint density at radius 3 is 2.38 bits per heavy atom. The van der Waals surface area contributed by atoms with Crippen molar-refractivity contribution in [1.82, 2.24) is 9.97 Å². The van der Waals surface area contributed by atoms with Crippen molar-refractivity contribution in [3.63, 3.8) is 0 Å². The Labute approximate surface area is 167 Å². The predicted molar refractivity (Wildman–Crippen MR) is 101 cm³/mol. The maximum Gasteiger partial charge on any atom is 0.573 e. The van der Waals surface area contributed by atoms with Gasteiger partial charge in [-0.2, -0.15) is 10.1 Å². The van der Waals surface area contributed by atoms with Gasteiger partial charge in [0.25, 0.3) is 0 Å². The topological polar surface area (TPSA) is 71.4 Å². The fourth-order valence-corrected chi connectivity index (χ4v) is 2.22. The molecule has 0 atom stereocenters. The molecule has 1 aromatic heterocycles. The van der Waals surface area contributed by atoms with Gasteiger partial charge in [-0.1, -0.05) is 23.7 Å². The minimum atomic E-state index is -4.79. The molecule has 2 aromatic carbocycles. The van der Waals surface area contributed by atoms with Crippen LogP contribution in [0.2, 0.25) is 5.02 Å². The number of hydrazone groups is 1. The number of alkyl halides is 3. The number of halogens is 5. The first-order valence-corrected chi connectivity index (χ1v) is 8.36.